The number of rotatable bonds is 15. The number of benzene rings is 1. The quantitative estimate of drug-likeness (QED) is 0.0761. The van der Waals surface area contributed by atoms with E-state index in [0.29, 0.717) is 19.3 Å². The molecule has 0 aromatic heterocycles. The van der Waals surface area contributed by atoms with Crippen LogP contribution in [0.15, 0.2) is 76.1 Å². The van der Waals surface area contributed by atoms with Crippen LogP contribution in [0.4, 0.5) is 11.4 Å². The normalized spacial score (nSPS) is 23.7. The number of anilines is 2. The first kappa shape index (κ1) is 43.2. The number of fused-ring (bicyclic) bond motifs is 2. The fraction of sp³-hybridized carbons (Fsp3) is 0.524. The van der Waals surface area contributed by atoms with Crippen LogP contribution in [0.3, 0.4) is 0 Å². The molecule has 11 nitrogen and oxygen atoms in total. The zero-order chi connectivity index (χ0) is 40.2. The number of ether oxygens (including phenoxy) is 1. The van der Waals surface area contributed by atoms with Crippen LogP contribution in [0.5, 0.6) is 0 Å². The molecular weight excluding hydrogens is 676 g/mol. The molecule has 1 saturated carbocycles. The summed E-state index contributed by atoms with van der Waals surface area (Å²) >= 11 is 0. The number of nitrogens with zero attached hydrogens (tertiary/aromatic N) is 2. The van der Waals surface area contributed by atoms with Crippen LogP contribution in [0.2, 0.25) is 0 Å². The van der Waals surface area contributed by atoms with Crippen molar-refractivity contribution in [1.82, 2.24) is 0 Å². The largest absolute Gasteiger partial charge is 0.769 e. The molecule has 2 bridgehead atoms. The second kappa shape index (κ2) is 16.9. The third-order valence-electron chi connectivity index (χ3n) is 10.7. The highest BCUT2D eigenvalue weighted by molar-refractivity contribution is 6.28. The van der Waals surface area contributed by atoms with E-state index in [2.05, 4.69) is 6.08 Å². The van der Waals surface area contributed by atoms with Crippen LogP contribution in [0.25, 0.3) is 0 Å². The molecule has 3 rings (SSSR count). The standard InChI is InChI=1S/C42H56N2O9/c1-25(2)13-12-19-40(11)31(16-14-26(3)4)24-41(20-18-28(7)8)36(46)34(17-15-27(5)6)37(42(40,39(41)48)35(45)29(9)10)53-38(47)30-21-32(43(49)50)23-33(22-30)44(51)52/h13-15,18,21-23,29,31,49-50H,12,16-17,19-20,24H2,1-11H3/q-2. The van der Waals surface area contributed by atoms with E-state index in [1.165, 1.54) is 0 Å². The molecule has 1 fully saturated rings. The molecule has 0 saturated heterocycles. The van der Waals surface area contributed by atoms with Crippen molar-refractivity contribution in [3.8, 4) is 0 Å². The minimum atomic E-state index is -2.11. The second-order valence-electron chi connectivity index (χ2n) is 16.1. The van der Waals surface area contributed by atoms with Gasteiger partial charge in [-0.1, -0.05) is 67.4 Å². The fourth-order valence-corrected chi connectivity index (χ4v) is 7.91. The van der Waals surface area contributed by atoms with Crippen molar-refractivity contribution < 1.29 is 34.3 Å². The van der Waals surface area contributed by atoms with E-state index in [1.807, 2.05) is 74.5 Å². The zero-order valence-corrected chi connectivity index (χ0v) is 33.1. The van der Waals surface area contributed by atoms with Gasteiger partial charge in [0, 0.05) is 17.2 Å². The Morgan fingerprint density at radius 1 is 0.887 bits per heavy atom. The molecule has 11 heteroatoms. The lowest BCUT2D eigenvalue weighted by Gasteiger charge is -2.61. The molecule has 2 aliphatic rings. The van der Waals surface area contributed by atoms with E-state index >= 15 is 14.4 Å². The first-order chi connectivity index (χ1) is 24.6. The maximum Gasteiger partial charge on any atom is 0.343 e. The molecule has 1 aromatic carbocycles. The summed E-state index contributed by atoms with van der Waals surface area (Å²) in [5, 5.41) is 42.0. The molecule has 2 N–H and O–H groups in total. The summed E-state index contributed by atoms with van der Waals surface area (Å²) in [5.41, 5.74) is -2.66. The first-order valence-electron chi connectivity index (χ1n) is 18.2. The molecule has 290 valence electrons. The minimum absolute atomic E-state index is 0.0287. The topological polar surface area (TPSA) is 171 Å². The van der Waals surface area contributed by atoms with Gasteiger partial charge < -0.3 is 20.4 Å². The van der Waals surface area contributed by atoms with Crippen LogP contribution >= 0.6 is 0 Å². The highest BCUT2D eigenvalue weighted by Crippen LogP contribution is 2.68. The molecule has 2 aliphatic carbocycles. The van der Waals surface area contributed by atoms with Crippen molar-refractivity contribution in [1.29, 1.82) is 0 Å². The van der Waals surface area contributed by atoms with Crippen LogP contribution < -0.4 is 10.5 Å². The summed E-state index contributed by atoms with van der Waals surface area (Å²) in [4.78, 5) is 60.7. The van der Waals surface area contributed by atoms with Gasteiger partial charge in [-0.3, -0.25) is 24.8 Å². The van der Waals surface area contributed by atoms with Gasteiger partial charge in [0.05, 0.1) is 16.7 Å². The zero-order valence-electron chi connectivity index (χ0n) is 33.1. The Hall–Kier alpha value is -4.16. The Morgan fingerprint density at radius 2 is 1.45 bits per heavy atom. The van der Waals surface area contributed by atoms with Gasteiger partial charge in [-0.05, 0) is 123 Å². The van der Waals surface area contributed by atoms with Crippen molar-refractivity contribution in [2.24, 2.45) is 28.1 Å². The van der Waals surface area contributed by atoms with Gasteiger partial charge >= 0.3 is 5.97 Å². The van der Waals surface area contributed by atoms with Gasteiger partial charge in [0.2, 0.25) is 0 Å². The lowest BCUT2D eigenvalue weighted by molar-refractivity contribution is -0.178. The van der Waals surface area contributed by atoms with Crippen LogP contribution in [-0.4, -0.2) is 33.7 Å². The lowest BCUT2D eigenvalue weighted by Crippen LogP contribution is -2.70. The Labute approximate surface area is 313 Å². The molecule has 0 spiro atoms. The summed E-state index contributed by atoms with van der Waals surface area (Å²) in [6, 6.07) is 2.72. The number of hydrogen-bond donors (Lipinski definition) is 2. The maximum absolute atomic E-state index is 15.8. The van der Waals surface area contributed by atoms with Crippen molar-refractivity contribution in [3.05, 3.63) is 92.1 Å². The SMILES string of the molecule is CC(C)=CCCC1(C)C(CC=C(C)C)CC2(CC=C(C)C)C(=O)C(CC=C(C)C)=C(OC(=O)c3cc(N([O-])[O-])cc(N(O)O)c3)C1(C(=O)C(C)C)C2=O. The number of hydrogen-bond acceptors (Lipinski definition) is 11. The molecule has 4 unspecified atom stereocenters. The van der Waals surface area contributed by atoms with E-state index < -0.39 is 73.6 Å². The van der Waals surface area contributed by atoms with Crippen molar-refractivity contribution in [2.75, 3.05) is 10.5 Å². The van der Waals surface area contributed by atoms with E-state index in [9.17, 15) is 25.6 Å². The maximum atomic E-state index is 15.8. The average Bonchev–Trinajstić information content (AvgIpc) is 3.06. The molecule has 53 heavy (non-hydrogen) atoms. The second-order valence-corrected chi connectivity index (χ2v) is 16.1. The number of allylic oxidation sites excluding steroid dienone is 10. The number of ketones is 3. The molecule has 0 amide bonds. The highest BCUT2D eigenvalue weighted by Gasteiger charge is 2.76. The van der Waals surface area contributed by atoms with Crippen molar-refractivity contribution >= 4 is 34.7 Å². The average molecular weight is 733 g/mol. The third-order valence-corrected chi connectivity index (χ3v) is 10.7. The third kappa shape index (κ3) is 8.49. The lowest BCUT2D eigenvalue weighted by atomic mass is 9.38. The Kier molecular flexibility index (Phi) is 13.8. The van der Waals surface area contributed by atoms with Gasteiger partial charge in [-0.2, -0.15) is 0 Å². The summed E-state index contributed by atoms with van der Waals surface area (Å²) in [6.45, 7) is 20.6. The minimum Gasteiger partial charge on any atom is -0.769 e. The Bertz CT molecular complexity index is 1740. The summed E-state index contributed by atoms with van der Waals surface area (Å²) in [7, 11) is 0. The van der Waals surface area contributed by atoms with E-state index in [-0.39, 0.29) is 35.8 Å². The van der Waals surface area contributed by atoms with Gasteiger partial charge in [-0.25, -0.2) is 4.79 Å². The number of carbonyl (C=O) groups is 4. The predicted molar refractivity (Wildman–Crippen MR) is 206 cm³/mol. The van der Waals surface area contributed by atoms with Gasteiger partial charge in [0.1, 0.15) is 5.76 Å². The Balaban J connectivity index is 2.63. The van der Waals surface area contributed by atoms with Crippen LogP contribution in [0.1, 0.15) is 125 Å². The monoisotopic (exact) mass is 732 g/mol. The van der Waals surface area contributed by atoms with Gasteiger partial charge in [-0.15, -0.1) is 5.23 Å². The summed E-state index contributed by atoms with van der Waals surface area (Å²) < 4.78 is 6.26. The predicted octanol–water partition coefficient (Wildman–Crippen LogP) is 9.68. The van der Waals surface area contributed by atoms with Crippen LogP contribution in [-0.2, 0) is 19.1 Å². The van der Waals surface area contributed by atoms with Crippen LogP contribution in [0, 0.1) is 38.5 Å². The van der Waals surface area contributed by atoms with Crippen molar-refractivity contribution in [3.63, 3.8) is 0 Å². The van der Waals surface area contributed by atoms with E-state index in [0.717, 1.165) is 40.5 Å². The molecule has 0 aliphatic heterocycles. The molecule has 4 atom stereocenters. The molecule has 0 radical (unpaired) electrons. The van der Waals surface area contributed by atoms with E-state index in [1.54, 1.807) is 19.9 Å². The number of esters is 1. The highest BCUT2D eigenvalue weighted by atomic mass is 16.8. The molecular formula is C42H56N2O9-2. The van der Waals surface area contributed by atoms with E-state index in [4.69, 9.17) is 4.74 Å². The number of Topliss-reactive ketones (excluding diaryl/α,β-unsaturated/α-hetero) is 3. The van der Waals surface area contributed by atoms with Gasteiger partial charge in [0.15, 0.2) is 22.8 Å². The fourth-order valence-electron chi connectivity index (χ4n) is 7.91. The molecule has 0 heterocycles. The van der Waals surface area contributed by atoms with Gasteiger partial charge in [0.25, 0.3) is 0 Å². The van der Waals surface area contributed by atoms with Crippen molar-refractivity contribution in [2.45, 2.75) is 115 Å². The number of carbonyl (C=O) groups excluding carboxylic acids is 4. The Morgan fingerprint density at radius 3 is 1.96 bits per heavy atom. The first-order valence-corrected chi connectivity index (χ1v) is 18.2. The molecule has 1 aromatic rings. The smallest absolute Gasteiger partial charge is 0.343 e. The summed E-state index contributed by atoms with van der Waals surface area (Å²) in [5.74, 6) is -4.27. The summed E-state index contributed by atoms with van der Waals surface area (Å²) in [6.07, 6.45) is 9.27.